The summed E-state index contributed by atoms with van der Waals surface area (Å²) in [6.07, 6.45) is -0.0719. The largest absolute Gasteiger partial charge is 0.383 e. The lowest BCUT2D eigenvalue weighted by atomic mass is 10.3. The Labute approximate surface area is 126 Å². The summed E-state index contributed by atoms with van der Waals surface area (Å²) in [7, 11) is -2.84. The Balaban J connectivity index is 3.18. The second kappa shape index (κ2) is 7.79. The van der Waals surface area contributed by atoms with Gasteiger partial charge in [-0.25, -0.2) is 12.8 Å². The number of methoxy groups -OCH3 is 1. The Bertz CT molecular complexity index is 686. The number of hydrogen-bond donors (Lipinski definition) is 0. The van der Waals surface area contributed by atoms with E-state index in [1.807, 2.05) is 0 Å². The van der Waals surface area contributed by atoms with Gasteiger partial charge in [-0.3, -0.25) is 10.1 Å². The Morgan fingerprint density at radius 1 is 1.45 bits per heavy atom. The number of hydrogen-bond acceptors (Lipinski definition) is 6. The van der Waals surface area contributed by atoms with Crippen molar-refractivity contribution in [3.63, 3.8) is 0 Å². The first-order chi connectivity index (χ1) is 10.3. The van der Waals surface area contributed by atoms with Gasteiger partial charge in [0, 0.05) is 32.7 Å². The molecule has 22 heavy (non-hydrogen) atoms. The van der Waals surface area contributed by atoms with E-state index < -0.39 is 31.3 Å². The molecule has 0 spiro atoms. The zero-order chi connectivity index (χ0) is 16.8. The number of halogens is 1. The minimum Gasteiger partial charge on any atom is -0.383 e. The molecule has 0 aliphatic heterocycles. The van der Waals surface area contributed by atoms with Crippen molar-refractivity contribution in [3.8, 4) is 6.07 Å². The lowest BCUT2D eigenvalue weighted by Gasteiger charge is -2.21. The molecule has 0 saturated carbocycles. The number of non-ortho nitro benzene ring substituents is 1. The molecule has 0 aromatic heterocycles. The van der Waals surface area contributed by atoms with Gasteiger partial charge in [-0.1, -0.05) is 0 Å². The molecule has 8 nitrogen and oxygen atoms in total. The maximum absolute atomic E-state index is 13.9. The van der Waals surface area contributed by atoms with Gasteiger partial charge in [-0.2, -0.15) is 9.57 Å². The number of nitrogens with zero attached hydrogens (tertiary/aromatic N) is 3. The Morgan fingerprint density at radius 2 is 2.14 bits per heavy atom. The summed E-state index contributed by atoms with van der Waals surface area (Å²) in [5, 5.41) is 19.1. The molecule has 0 bridgehead atoms. The van der Waals surface area contributed by atoms with E-state index in [0.29, 0.717) is 6.07 Å². The highest BCUT2D eigenvalue weighted by molar-refractivity contribution is 7.89. The molecule has 10 heteroatoms. The molecule has 120 valence electrons. The van der Waals surface area contributed by atoms with E-state index in [9.17, 15) is 22.9 Å². The van der Waals surface area contributed by atoms with Crippen molar-refractivity contribution < 1.29 is 22.5 Å². The van der Waals surface area contributed by atoms with Gasteiger partial charge in [-0.05, 0) is 6.07 Å². The summed E-state index contributed by atoms with van der Waals surface area (Å²) in [5.41, 5.74) is -0.545. The molecule has 0 aliphatic rings. The van der Waals surface area contributed by atoms with E-state index in [1.165, 1.54) is 7.11 Å². The molecule has 0 radical (unpaired) electrons. The van der Waals surface area contributed by atoms with E-state index >= 15 is 0 Å². The van der Waals surface area contributed by atoms with Crippen LogP contribution >= 0.6 is 0 Å². The zero-order valence-electron chi connectivity index (χ0n) is 11.7. The summed E-state index contributed by atoms with van der Waals surface area (Å²) in [5.74, 6) is -1.21. The van der Waals surface area contributed by atoms with Crippen molar-refractivity contribution in [3.05, 3.63) is 34.1 Å². The quantitative estimate of drug-likeness (QED) is 0.524. The monoisotopic (exact) mass is 331 g/mol. The fourth-order valence-electron chi connectivity index (χ4n) is 1.67. The highest BCUT2D eigenvalue weighted by atomic mass is 32.2. The number of ether oxygens (including phenoxy) is 1. The van der Waals surface area contributed by atoms with E-state index in [4.69, 9.17) is 10.00 Å². The van der Waals surface area contributed by atoms with Crippen molar-refractivity contribution in [1.82, 2.24) is 4.31 Å². The minimum absolute atomic E-state index is 0.0586. The van der Waals surface area contributed by atoms with Crippen LogP contribution in [0.5, 0.6) is 0 Å². The van der Waals surface area contributed by atoms with Crippen LogP contribution < -0.4 is 0 Å². The van der Waals surface area contributed by atoms with Crippen LogP contribution in [-0.2, 0) is 14.8 Å². The lowest BCUT2D eigenvalue weighted by molar-refractivity contribution is -0.385. The van der Waals surface area contributed by atoms with Crippen molar-refractivity contribution in [2.45, 2.75) is 11.3 Å². The Morgan fingerprint density at radius 3 is 2.64 bits per heavy atom. The fraction of sp³-hybridized carbons (Fsp3) is 0.417. The van der Waals surface area contributed by atoms with Gasteiger partial charge in [0.2, 0.25) is 10.0 Å². The molecule has 1 rings (SSSR count). The molecule has 1 aromatic carbocycles. The summed E-state index contributed by atoms with van der Waals surface area (Å²) >= 11 is 0. The van der Waals surface area contributed by atoms with E-state index in [2.05, 4.69) is 0 Å². The highest BCUT2D eigenvalue weighted by Crippen LogP contribution is 2.23. The van der Waals surface area contributed by atoms with E-state index in [-0.39, 0.29) is 26.1 Å². The van der Waals surface area contributed by atoms with Gasteiger partial charge in [0.05, 0.1) is 23.7 Å². The predicted molar refractivity (Wildman–Crippen MR) is 73.9 cm³/mol. The van der Waals surface area contributed by atoms with Crippen LogP contribution in [0.2, 0.25) is 0 Å². The van der Waals surface area contributed by atoms with E-state index in [1.54, 1.807) is 6.07 Å². The smallest absolute Gasteiger partial charge is 0.272 e. The molecule has 0 fully saturated rings. The normalized spacial score (nSPS) is 11.4. The highest BCUT2D eigenvalue weighted by Gasteiger charge is 2.28. The SMILES string of the molecule is COCCN(CCC#N)S(=O)(=O)c1ccc([N+](=O)[O-])cc1F. The average molecular weight is 331 g/mol. The maximum Gasteiger partial charge on any atom is 0.272 e. The van der Waals surface area contributed by atoms with E-state index in [0.717, 1.165) is 16.4 Å². The topological polar surface area (TPSA) is 114 Å². The first-order valence-electron chi connectivity index (χ1n) is 6.14. The van der Waals surface area contributed by atoms with Crippen LogP contribution in [0.25, 0.3) is 0 Å². The second-order valence-corrected chi connectivity index (χ2v) is 6.08. The minimum atomic E-state index is -4.21. The van der Waals surface area contributed by atoms with Crippen LogP contribution in [0.3, 0.4) is 0 Å². The van der Waals surface area contributed by atoms with Crippen LogP contribution in [0.1, 0.15) is 6.42 Å². The van der Waals surface area contributed by atoms with Gasteiger partial charge in [-0.15, -0.1) is 0 Å². The average Bonchev–Trinajstić information content (AvgIpc) is 2.46. The molecule has 0 heterocycles. The first kappa shape index (κ1) is 18.0. The van der Waals surface area contributed by atoms with Crippen molar-refractivity contribution in [2.24, 2.45) is 0 Å². The molecular weight excluding hydrogens is 317 g/mol. The lowest BCUT2D eigenvalue weighted by Crippen LogP contribution is -2.35. The second-order valence-electron chi connectivity index (χ2n) is 4.18. The Kier molecular flexibility index (Phi) is 6.36. The molecule has 0 unspecified atom stereocenters. The zero-order valence-corrected chi connectivity index (χ0v) is 12.5. The third-order valence-electron chi connectivity index (χ3n) is 2.76. The van der Waals surface area contributed by atoms with Crippen molar-refractivity contribution in [2.75, 3.05) is 26.8 Å². The van der Waals surface area contributed by atoms with Crippen LogP contribution in [0.4, 0.5) is 10.1 Å². The number of nitriles is 1. The van der Waals surface area contributed by atoms with Crippen molar-refractivity contribution in [1.29, 1.82) is 5.26 Å². The summed E-state index contributed by atoms with van der Waals surface area (Å²) in [6, 6.07) is 4.11. The Hall–Kier alpha value is -2.09. The first-order valence-corrected chi connectivity index (χ1v) is 7.58. The molecule has 0 N–H and O–H groups in total. The number of benzene rings is 1. The molecule has 0 saturated heterocycles. The molecule has 0 atom stereocenters. The molecular formula is C12H14FN3O5S. The molecule has 0 aliphatic carbocycles. The number of sulfonamides is 1. The standard InChI is InChI=1S/C12H14FN3O5S/c1-21-8-7-15(6-2-5-14)22(19,20)12-4-3-10(16(17)18)9-11(12)13/h3-4,9H,2,6-8H2,1H3. The summed E-state index contributed by atoms with van der Waals surface area (Å²) < 4.78 is 44.4. The van der Waals surface area contributed by atoms with Crippen LogP contribution in [-0.4, -0.2) is 44.5 Å². The third-order valence-corrected chi connectivity index (χ3v) is 4.69. The third kappa shape index (κ3) is 4.20. The van der Waals surface area contributed by atoms with Gasteiger partial charge in [0.15, 0.2) is 0 Å². The summed E-state index contributed by atoms with van der Waals surface area (Å²) in [4.78, 5) is 9.06. The van der Waals surface area contributed by atoms with Crippen LogP contribution in [0, 0.1) is 27.3 Å². The number of nitro benzene ring substituents is 1. The molecule has 0 amide bonds. The number of nitro groups is 1. The van der Waals surface area contributed by atoms with Crippen LogP contribution in [0.15, 0.2) is 23.1 Å². The predicted octanol–water partition coefficient (Wildman–Crippen LogP) is 1.28. The van der Waals surface area contributed by atoms with Gasteiger partial charge in [0.25, 0.3) is 5.69 Å². The van der Waals surface area contributed by atoms with Crippen molar-refractivity contribution >= 4 is 15.7 Å². The molecule has 1 aromatic rings. The summed E-state index contributed by atoms with van der Waals surface area (Å²) in [6.45, 7) is -0.116. The van der Waals surface area contributed by atoms with Gasteiger partial charge in [0.1, 0.15) is 10.7 Å². The fourth-order valence-corrected chi connectivity index (χ4v) is 3.14. The van der Waals surface area contributed by atoms with Gasteiger partial charge >= 0.3 is 0 Å². The van der Waals surface area contributed by atoms with Gasteiger partial charge < -0.3 is 4.74 Å². The number of rotatable bonds is 8. The maximum atomic E-state index is 13.9.